The van der Waals surface area contributed by atoms with E-state index in [4.69, 9.17) is 9.73 Å². The van der Waals surface area contributed by atoms with E-state index in [0.29, 0.717) is 15.2 Å². The third-order valence-electron chi connectivity index (χ3n) is 5.64. The van der Waals surface area contributed by atoms with Crippen LogP contribution in [0.2, 0.25) is 0 Å². The maximum atomic E-state index is 6.36. The number of hydrogen-bond donors (Lipinski definition) is 0. The zero-order valence-electron chi connectivity index (χ0n) is 20.3. The van der Waals surface area contributed by atoms with Gasteiger partial charge in [-0.25, -0.2) is 0 Å². The van der Waals surface area contributed by atoms with Crippen LogP contribution < -0.4 is 10.0 Å². The highest BCUT2D eigenvalue weighted by molar-refractivity contribution is 7.48. The number of ether oxygens (including phenoxy) is 1. The fraction of sp³-hybridized carbons (Fsp3) is 0.345. The molecule has 0 saturated carbocycles. The molecule has 3 aromatic rings. The van der Waals surface area contributed by atoms with E-state index in [0.717, 1.165) is 12.2 Å². The number of rotatable bonds is 8. The van der Waals surface area contributed by atoms with E-state index in [1.165, 1.54) is 27.6 Å². The second-order valence-electron chi connectivity index (χ2n) is 9.60. The van der Waals surface area contributed by atoms with Crippen molar-refractivity contribution in [3.8, 4) is 5.75 Å². The molecular weight excluding hydrogens is 409 g/mol. The predicted molar refractivity (Wildman–Crippen MR) is 141 cm³/mol. The molecule has 2 atom stereocenters. The maximum absolute atomic E-state index is 6.36. The third-order valence-corrected chi connectivity index (χ3v) is 7.54. The second kappa shape index (κ2) is 10.5. The first-order valence-corrected chi connectivity index (χ1v) is 12.4. The molecule has 0 bridgehead atoms. The van der Waals surface area contributed by atoms with Crippen molar-refractivity contribution in [3.63, 3.8) is 0 Å². The van der Waals surface area contributed by atoms with Crippen molar-refractivity contribution in [1.29, 1.82) is 0 Å². The molecule has 0 radical (unpaired) electrons. The molecule has 0 N–H and O–H groups in total. The predicted octanol–water partition coefficient (Wildman–Crippen LogP) is 7.42. The summed E-state index contributed by atoms with van der Waals surface area (Å²) in [5, 5.41) is 1.32. The van der Waals surface area contributed by atoms with Crippen LogP contribution in [0.15, 0.2) is 77.8 Å². The monoisotopic (exact) mass is 445 g/mol. The van der Waals surface area contributed by atoms with Gasteiger partial charge in [0.1, 0.15) is 12.4 Å². The van der Waals surface area contributed by atoms with Crippen LogP contribution in [0.1, 0.15) is 63.3 Å². The van der Waals surface area contributed by atoms with Crippen molar-refractivity contribution < 1.29 is 4.74 Å². The summed E-state index contributed by atoms with van der Waals surface area (Å²) in [4.78, 5) is 4.77. The normalized spacial score (nSPS) is 14.2. The molecule has 0 aliphatic rings. The van der Waals surface area contributed by atoms with E-state index < -0.39 is 0 Å². The molecule has 0 fully saturated rings. The maximum Gasteiger partial charge on any atom is 0.123 e. The number of hydrogen-bond acceptors (Lipinski definition) is 2. The fourth-order valence-corrected chi connectivity index (χ4v) is 5.14. The average Bonchev–Trinajstić information content (AvgIpc) is 2.77. The van der Waals surface area contributed by atoms with Crippen molar-refractivity contribution in [2.24, 2.45) is 4.99 Å². The summed E-state index contributed by atoms with van der Waals surface area (Å²) in [6.45, 7) is 13.8. The summed E-state index contributed by atoms with van der Waals surface area (Å²) >= 11 is 0. The Bertz CT molecular complexity index is 1050. The molecule has 32 heavy (non-hydrogen) atoms. The van der Waals surface area contributed by atoms with E-state index in [9.17, 15) is 0 Å². The smallest absolute Gasteiger partial charge is 0.123 e. The second-order valence-corrected chi connectivity index (χ2v) is 11.5. The zero-order chi connectivity index (χ0) is 23.2. The number of benzene rings is 3. The van der Waals surface area contributed by atoms with Gasteiger partial charge >= 0.3 is 0 Å². The minimum Gasteiger partial charge on any atom is -0.489 e. The quantitative estimate of drug-likeness (QED) is 0.261. The van der Waals surface area contributed by atoms with Gasteiger partial charge in [-0.2, -0.15) is 0 Å². The zero-order valence-corrected chi connectivity index (χ0v) is 21.3. The van der Waals surface area contributed by atoms with Gasteiger partial charge in [0, 0.05) is 16.9 Å². The molecule has 3 aromatic carbocycles. The summed E-state index contributed by atoms with van der Waals surface area (Å²) < 4.78 is 6.36. The van der Waals surface area contributed by atoms with Gasteiger partial charge in [0.2, 0.25) is 0 Å². The van der Waals surface area contributed by atoms with Crippen molar-refractivity contribution in [1.82, 2.24) is 0 Å². The van der Waals surface area contributed by atoms with E-state index >= 15 is 0 Å². The van der Waals surface area contributed by atoms with Crippen molar-refractivity contribution in [3.05, 3.63) is 95.1 Å². The lowest BCUT2D eigenvalue weighted by atomic mass is 9.95. The van der Waals surface area contributed by atoms with Crippen LogP contribution in [-0.4, -0.2) is 11.8 Å². The average molecular weight is 446 g/mol. The summed E-state index contributed by atoms with van der Waals surface area (Å²) in [5.74, 6) is 0.983. The van der Waals surface area contributed by atoms with Crippen molar-refractivity contribution in [2.45, 2.75) is 65.3 Å². The number of aryl methyl sites for hydroxylation is 1. The third kappa shape index (κ3) is 6.53. The lowest BCUT2D eigenvalue weighted by molar-refractivity contribution is 0.299. The van der Waals surface area contributed by atoms with Crippen LogP contribution >= 0.6 is 8.58 Å². The Morgan fingerprint density at radius 3 is 2.28 bits per heavy atom. The van der Waals surface area contributed by atoms with Gasteiger partial charge in [-0.15, -0.1) is 0 Å². The van der Waals surface area contributed by atoms with Crippen LogP contribution in [0.3, 0.4) is 0 Å². The molecule has 0 aromatic heterocycles. The SMILES string of the molecule is CCC(C)(Pc1ccccc1/C=N/C(C)(C)C)c1cc(C)ccc1OCc1ccccc1. The standard InChI is InChI=1S/C29H36NOP/c1-7-29(6,32-27-16-12-11-15-24(27)20-30-28(3,4)5)25-19-22(2)17-18-26(25)31-21-23-13-9-8-10-14-23/h8-20,32H,7,21H2,1-6H3/b30-20+. The minimum atomic E-state index is -0.0841. The first-order chi connectivity index (χ1) is 15.2. The van der Waals surface area contributed by atoms with Crippen molar-refractivity contribution >= 4 is 20.1 Å². The molecule has 3 rings (SSSR count). The number of nitrogens with zero attached hydrogens (tertiary/aromatic N) is 1. The molecular formula is C29H36NOP. The van der Waals surface area contributed by atoms with Crippen LogP contribution in [0.5, 0.6) is 5.75 Å². The van der Waals surface area contributed by atoms with Crippen LogP contribution in [0.4, 0.5) is 0 Å². The Labute approximate surface area is 195 Å². The Morgan fingerprint density at radius 2 is 1.59 bits per heavy atom. The molecule has 2 unspecified atom stereocenters. The lowest BCUT2D eigenvalue weighted by Gasteiger charge is -2.32. The lowest BCUT2D eigenvalue weighted by Crippen LogP contribution is -2.21. The molecule has 0 heterocycles. The Hall–Kier alpha value is -2.44. The van der Waals surface area contributed by atoms with Crippen molar-refractivity contribution in [2.75, 3.05) is 0 Å². The molecule has 0 aliphatic carbocycles. The summed E-state index contributed by atoms with van der Waals surface area (Å²) in [6.07, 6.45) is 3.07. The Balaban J connectivity index is 1.94. The van der Waals surface area contributed by atoms with Gasteiger partial charge in [-0.05, 0) is 56.6 Å². The highest BCUT2D eigenvalue weighted by atomic mass is 31.1. The first-order valence-electron chi connectivity index (χ1n) is 11.4. The van der Waals surface area contributed by atoms with Gasteiger partial charge in [0.25, 0.3) is 0 Å². The molecule has 168 valence electrons. The molecule has 2 nitrogen and oxygen atoms in total. The largest absolute Gasteiger partial charge is 0.489 e. The van der Waals surface area contributed by atoms with Gasteiger partial charge in [0.15, 0.2) is 0 Å². The minimum absolute atomic E-state index is 0.0241. The highest BCUT2D eigenvalue weighted by Crippen LogP contribution is 2.48. The van der Waals surface area contributed by atoms with Gasteiger partial charge < -0.3 is 4.74 Å². The van der Waals surface area contributed by atoms with Gasteiger partial charge in [0.05, 0.1) is 5.54 Å². The summed E-state index contributed by atoms with van der Waals surface area (Å²) in [6, 6.07) is 25.6. The van der Waals surface area contributed by atoms with Gasteiger partial charge in [-0.3, -0.25) is 4.99 Å². The topological polar surface area (TPSA) is 21.6 Å². The molecule has 0 spiro atoms. The molecule has 0 amide bonds. The number of aliphatic imine (C=N–C) groups is 1. The highest BCUT2D eigenvalue weighted by Gasteiger charge is 2.29. The van der Waals surface area contributed by atoms with E-state index in [1.807, 2.05) is 12.3 Å². The molecule has 0 aliphatic heterocycles. The van der Waals surface area contributed by atoms with Crippen LogP contribution in [-0.2, 0) is 11.8 Å². The van der Waals surface area contributed by atoms with Crippen LogP contribution in [0, 0.1) is 6.92 Å². The van der Waals surface area contributed by atoms with E-state index in [2.05, 4.69) is 108 Å². The Kier molecular flexibility index (Phi) is 7.91. The van der Waals surface area contributed by atoms with E-state index in [-0.39, 0.29) is 10.7 Å². The van der Waals surface area contributed by atoms with E-state index in [1.54, 1.807) is 0 Å². The first kappa shape index (κ1) is 24.2. The fourth-order valence-electron chi connectivity index (χ4n) is 3.57. The molecule has 3 heteroatoms. The van der Waals surface area contributed by atoms with Gasteiger partial charge in [-0.1, -0.05) is 94.7 Å². The molecule has 0 saturated heterocycles. The van der Waals surface area contributed by atoms with Crippen LogP contribution in [0.25, 0.3) is 0 Å². The summed E-state index contributed by atoms with van der Waals surface area (Å²) in [5.41, 5.74) is 4.86. The Morgan fingerprint density at radius 1 is 0.906 bits per heavy atom. The summed E-state index contributed by atoms with van der Waals surface area (Å²) in [7, 11) is 0.611.